The fourth-order valence-corrected chi connectivity index (χ4v) is 6.01. The molecule has 0 saturated heterocycles. The number of nitrogens with zero attached hydrogens (tertiary/aromatic N) is 1. The van der Waals surface area contributed by atoms with E-state index in [0.717, 1.165) is 48.4 Å². The highest BCUT2D eigenvalue weighted by Crippen LogP contribution is 2.37. The molecule has 2 aromatic rings. The number of hydrogen-bond acceptors (Lipinski definition) is 8. The first kappa shape index (κ1) is 28.1. The Kier molecular flexibility index (Phi) is 9.87. The van der Waals surface area contributed by atoms with E-state index >= 15 is 0 Å². The molecule has 0 aliphatic heterocycles. The number of aliphatic hydroxyl groups excluding tert-OH is 1. The molecule has 36 heavy (non-hydrogen) atoms. The molecule has 0 spiro atoms. The third-order valence-corrected chi connectivity index (χ3v) is 7.80. The van der Waals surface area contributed by atoms with Crippen LogP contribution in [0.15, 0.2) is 12.1 Å². The van der Waals surface area contributed by atoms with Crippen molar-refractivity contribution >= 4 is 23.1 Å². The van der Waals surface area contributed by atoms with E-state index in [1.807, 2.05) is 0 Å². The second-order valence-electron chi connectivity index (χ2n) is 9.31. The van der Waals surface area contributed by atoms with Crippen LogP contribution < -0.4 is 9.47 Å². The maximum atomic E-state index is 12.2. The molecule has 1 aliphatic carbocycles. The summed E-state index contributed by atoms with van der Waals surface area (Å²) in [5.41, 5.74) is 1.43. The van der Waals surface area contributed by atoms with Crippen LogP contribution in [-0.2, 0) is 22.4 Å². The predicted octanol–water partition coefficient (Wildman–Crippen LogP) is 5.11. The van der Waals surface area contributed by atoms with Gasteiger partial charge in [-0.3, -0.25) is 9.59 Å². The van der Waals surface area contributed by atoms with Crippen LogP contribution in [0.5, 0.6) is 11.5 Å². The number of aliphatic hydroxyl groups is 1. The van der Waals surface area contributed by atoms with Crippen LogP contribution in [0.2, 0.25) is 0 Å². The van der Waals surface area contributed by atoms with Crippen molar-refractivity contribution in [3.05, 3.63) is 38.8 Å². The average molecular weight is 520 g/mol. The highest BCUT2D eigenvalue weighted by atomic mass is 32.1. The van der Waals surface area contributed by atoms with Gasteiger partial charge in [0.15, 0.2) is 5.78 Å². The Hall–Kier alpha value is -2.49. The monoisotopic (exact) mass is 519 g/mol. The lowest BCUT2D eigenvalue weighted by Crippen LogP contribution is -2.29. The molecule has 1 saturated carbocycles. The van der Waals surface area contributed by atoms with Gasteiger partial charge in [0.05, 0.1) is 43.0 Å². The van der Waals surface area contributed by atoms with E-state index in [1.54, 1.807) is 19.1 Å². The van der Waals surface area contributed by atoms with Crippen molar-refractivity contribution in [3.63, 3.8) is 0 Å². The number of rotatable bonds is 13. The number of aliphatic carboxylic acids is 1. The minimum Gasteiger partial charge on any atom is -0.496 e. The minimum atomic E-state index is -1.03. The van der Waals surface area contributed by atoms with Crippen LogP contribution in [0.25, 0.3) is 0 Å². The molecule has 1 aliphatic rings. The van der Waals surface area contributed by atoms with Crippen molar-refractivity contribution < 1.29 is 34.0 Å². The number of hydrogen-bond donors (Lipinski definition) is 2. The van der Waals surface area contributed by atoms with Gasteiger partial charge in [-0.2, -0.15) is 0 Å². The molecule has 0 radical (unpaired) electrons. The molecule has 8 nitrogen and oxygen atoms in total. The molecule has 0 bridgehead atoms. The zero-order valence-electron chi connectivity index (χ0n) is 21.7. The second-order valence-corrected chi connectivity index (χ2v) is 10.5. The van der Waals surface area contributed by atoms with Gasteiger partial charge in [0.1, 0.15) is 23.2 Å². The van der Waals surface area contributed by atoms with Crippen LogP contribution >= 0.6 is 11.3 Å². The standard InChI is InChI=1S/C27H37NO7S/c1-6-9-22-25(15(2)27(31)32)28-23(36-22)14-21(35-18-10-7-8-11-18)26(30)17-12-19(33-4)24(16(3)29)20(13-17)34-5/h12-13,15,18,21,26,30H,6-11,14H2,1-5H3,(H,31,32)/t15?,21-,26+/m0/s1. The van der Waals surface area contributed by atoms with Gasteiger partial charge in [-0.25, -0.2) is 4.98 Å². The summed E-state index contributed by atoms with van der Waals surface area (Å²) in [5.74, 6) is -1.16. The lowest BCUT2D eigenvalue weighted by atomic mass is 9.97. The third kappa shape index (κ3) is 6.44. The number of thiazole rings is 1. The van der Waals surface area contributed by atoms with Crippen LogP contribution in [0.4, 0.5) is 0 Å². The van der Waals surface area contributed by atoms with Crippen molar-refractivity contribution in [2.75, 3.05) is 14.2 Å². The molecular weight excluding hydrogens is 482 g/mol. The Morgan fingerprint density at radius 2 is 1.78 bits per heavy atom. The maximum absolute atomic E-state index is 12.2. The Labute approximate surface area is 216 Å². The number of ether oxygens (including phenoxy) is 3. The van der Waals surface area contributed by atoms with Gasteiger partial charge in [-0.1, -0.05) is 26.2 Å². The summed E-state index contributed by atoms with van der Waals surface area (Å²) in [6.07, 6.45) is 4.39. The molecular formula is C27H37NO7S. The number of carboxylic acid groups (broad SMARTS) is 1. The Balaban J connectivity index is 1.98. The van der Waals surface area contributed by atoms with Gasteiger partial charge >= 0.3 is 5.97 Å². The zero-order chi connectivity index (χ0) is 26.4. The number of aryl methyl sites for hydroxylation is 1. The number of Topliss-reactive ketones (excluding diaryl/α,β-unsaturated/α-hetero) is 1. The molecule has 0 amide bonds. The van der Waals surface area contributed by atoms with E-state index in [4.69, 9.17) is 19.2 Å². The first-order valence-electron chi connectivity index (χ1n) is 12.5. The van der Waals surface area contributed by atoms with Crippen molar-refractivity contribution in [2.45, 2.75) is 89.9 Å². The van der Waals surface area contributed by atoms with E-state index in [9.17, 15) is 19.8 Å². The Morgan fingerprint density at radius 1 is 1.17 bits per heavy atom. The van der Waals surface area contributed by atoms with E-state index in [-0.39, 0.29) is 11.9 Å². The number of methoxy groups -OCH3 is 2. The Bertz CT molecular complexity index is 1040. The van der Waals surface area contributed by atoms with Crippen LogP contribution in [0, 0.1) is 0 Å². The highest BCUT2D eigenvalue weighted by Gasteiger charge is 2.31. The van der Waals surface area contributed by atoms with Gasteiger partial charge in [0.2, 0.25) is 0 Å². The smallest absolute Gasteiger partial charge is 0.312 e. The number of carbonyl (C=O) groups excluding carboxylic acids is 1. The summed E-state index contributed by atoms with van der Waals surface area (Å²) in [4.78, 5) is 29.5. The lowest BCUT2D eigenvalue weighted by molar-refractivity contribution is -0.138. The third-order valence-electron chi connectivity index (χ3n) is 6.65. The second kappa shape index (κ2) is 12.7. The van der Waals surface area contributed by atoms with E-state index < -0.39 is 24.1 Å². The molecule has 1 aromatic carbocycles. The maximum Gasteiger partial charge on any atom is 0.312 e. The van der Waals surface area contributed by atoms with Gasteiger partial charge < -0.3 is 24.4 Å². The van der Waals surface area contributed by atoms with Gasteiger partial charge in [-0.05, 0) is 50.8 Å². The van der Waals surface area contributed by atoms with Crippen molar-refractivity contribution in [1.82, 2.24) is 4.98 Å². The van der Waals surface area contributed by atoms with E-state index in [2.05, 4.69) is 6.92 Å². The highest BCUT2D eigenvalue weighted by molar-refractivity contribution is 7.11. The molecule has 1 unspecified atom stereocenters. The molecule has 2 N–H and O–H groups in total. The largest absolute Gasteiger partial charge is 0.496 e. The topological polar surface area (TPSA) is 115 Å². The van der Waals surface area contributed by atoms with Crippen molar-refractivity contribution in [2.24, 2.45) is 0 Å². The zero-order valence-corrected chi connectivity index (χ0v) is 22.5. The average Bonchev–Trinajstić information content (AvgIpc) is 3.51. The molecule has 3 atom stereocenters. The summed E-state index contributed by atoms with van der Waals surface area (Å²) >= 11 is 1.49. The van der Waals surface area contributed by atoms with E-state index in [0.29, 0.717) is 34.7 Å². The van der Waals surface area contributed by atoms with Crippen molar-refractivity contribution in [1.29, 1.82) is 0 Å². The van der Waals surface area contributed by atoms with Crippen LogP contribution in [0.3, 0.4) is 0 Å². The molecule has 198 valence electrons. The fourth-order valence-electron chi connectivity index (χ4n) is 4.71. The normalized spacial score (nSPS) is 16.5. The number of carboxylic acids is 1. The quantitative estimate of drug-likeness (QED) is 0.351. The number of aromatic nitrogens is 1. The first-order chi connectivity index (χ1) is 17.2. The van der Waals surface area contributed by atoms with Gasteiger partial charge in [-0.15, -0.1) is 11.3 Å². The van der Waals surface area contributed by atoms with Crippen molar-refractivity contribution in [3.8, 4) is 11.5 Å². The summed E-state index contributed by atoms with van der Waals surface area (Å²) in [6, 6.07) is 3.30. The first-order valence-corrected chi connectivity index (χ1v) is 13.3. The summed E-state index contributed by atoms with van der Waals surface area (Å²) in [6.45, 7) is 5.14. The summed E-state index contributed by atoms with van der Waals surface area (Å²) in [5, 5.41) is 21.8. The molecule has 1 aromatic heterocycles. The summed E-state index contributed by atoms with van der Waals surface area (Å²) < 4.78 is 17.3. The summed E-state index contributed by atoms with van der Waals surface area (Å²) in [7, 11) is 2.94. The molecule has 1 fully saturated rings. The van der Waals surface area contributed by atoms with Crippen LogP contribution in [0.1, 0.15) is 96.4 Å². The molecule has 9 heteroatoms. The number of benzene rings is 1. The molecule has 3 rings (SSSR count). The SMILES string of the molecule is CCCc1sc(C[C@H](OC2CCCC2)[C@H](O)c2cc(OC)c(C(C)=O)c(OC)c2)nc1C(C)C(=O)O. The molecule has 1 heterocycles. The predicted molar refractivity (Wildman–Crippen MR) is 138 cm³/mol. The minimum absolute atomic E-state index is 0.0393. The van der Waals surface area contributed by atoms with Gasteiger partial charge in [0, 0.05) is 11.3 Å². The van der Waals surface area contributed by atoms with Crippen LogP contribution in [-0.4, -0.2) is 53.4 Å². The fraction of sp³-hybridized carbons (Fsp3) is 0.593. The number of carbonyl (C=O) groups is 2. The lowest BCUT2D eigenvalue weighted by Gasteiger charge is -2.27. The van der Waals surface area contributed by atoms with E-state index in [1.165, 1.54) is 32.5 Å². The van der Waals surface area contributed by atoms with Gasteiger partial charge in [0.25, 0.3) is 0 Å². The Morgan fingerprint density at radius 3 is 2.28 bits per heavy atom. The number of ketones is 1.